The molecule has 0 spiro atoms. The van der Waals surface area contributed by atoms with Crippen molar-refractivity contribution in [3.8, 4) is 0 Å². The van der Waals surface area contributed by atoms with Crippen LogP contribution < -0.4 is 10.2 Å². The van der Waals surface area contributed by atoms with Crippen molar-refractivity contribution in [1.29, 1.82) is 0 Å². The van der Waals surface area contributed by atoms with E-state index in [1.54, 1.807) is 0 Å². The molecule has 1 aliphatic carbocycles. The maximum atomic E-state index is 4.33. The number of anilines is 1. The number of pyridine rings is 1. The van der Waals surface area contributed by atoms with Crippen LogP contribution in [0.25, 0.3) is 0 Å². The molecule has 1 saturated carbocycles. The molecular weight excluding hydrogens is 222 g/mol. The summed E-state index contributed by atoms with van der Waals surface area (Å²) in [4.78, 5) is 6.87. The Kier molecular flexibility index (Phi) is 3.50. The Bertz CT molecular complexity index is 400. The lowest BCUT2D eigenvalue weighted by Crippen LogP contribution is -2.38. The van der Waals surface area contributed by atoms with E-state index in [9.17, 15) is 0 Å². The zero-order chi connectivity index (χ0) is 12.4. The van der Waals surface area contributed by atoms with Gasteiger partial charge in [0.25, 0.3) is 0 Å². The number of piperidine rings is 1. The van der Waals surface area contributed by atoms with E-state index in [2.05, 4.69) is 28.2 Å². The van der Waals surface area contributed by atoms with Gasteiger partial charge >= 0.3 is 0 Å². The van der Waals surface area contributed by atoms with Crippen molar-refractivity contribution in [1.82, 2.24) is 10.3 Å². The van der Waals surface area contributed by atoms with Crippen LogP contribution in [0.2, 0.25) is 0 Å². The molecular formula is C15H23N3. The third-order valence-corrected chi connectivity index (χ3v) is 4.16. The fourth-order valence-electron chi connectivity index (χ4n) is 2.82. The Balaban J connectivity index is 1.75. The van der Waals surface area contributed by atoms with Gasteiger partial charge in [0.1, 0.15) is 0 Å². The summed E-state index contributed by atoms with van der Waals surface area (Å²) in [5, 5.41) is 3.61. The van der Waals surface area contributed by atoms with Gasteiger partial charge in [0.05, 0.1) is 11.9 Å². The van der Waals surface area contributed by atoms with Crippen LogP contribution in [0.15, 0.2) is 18.5 Å². The molecule has 3 nitrogen and oxygen atoms in total. The van der Waals surface area contributed by atoms with Crippen molar-refractivity contribution in [2.75, 3.05) is 11.4 Å². The summed E-state index contributed by atoms with van der Waals surface area (Å²) in [6.45, 7) is 4.51. The lowest BCUT2D eigenvalue weighted by Gasteiger charge is -2.36. The van der Waals surface area contributed by atoms with Crippen molar-refractivity contribution >= 4 is 5.69 Å². The molecule has 0 radical (unpaired) electrons. The summed E-state index contributed by atoms with van der Waals surface area (Å²) in [5.74, 6) is 0. The monoisotopic (exact) mass is 245 g/mol. The Morgan fingerprint density at radius 1 is 1.33 bits per heavy atom. The first kappa shape index (κ1) is 12.0. The molecule has 2 aliphatic rings. The Labute approximate surface area is 110 Å². The predicted molar refractivity (Wildman–Crippen MR) is 74.8 cm³/mol. The van der Waals surface area contributed by atoms with Gasteiger partial charge in [-0.3, -0.25) is 4.98 Å². The first-order valence-corrected chi connectivity index (χ1v) is 7.27. The third-order valence-electron chi connectivity index (χ3n) is 4.16. The van der Waals surface area contributed by atoms with E-state index in [0.29, 0.717) is 6.04 Å². The Morgan fingerprint density at radius 3 is 3.00 bits per heavy atom. The molecule has 1 atom stereocenters. The molecule has 0 bridgehead atoms. The van der Waals surface area contributed by atoms with Crippen LogP contribution in [0.5, 0.6) is 0 Å². The average molecular weight is 245 g/mol. The highest BCUT2D eigenvalue weighted by Gasteiger charge is 2.23. The number of rotatable bonds is 4. The molecule has 18 heavy (non-hydrogen) atoms. The third kappa shape index (κ3) is 2.66. The van der Waals surface area contributed by atoms with Gasteiger partial charge in [0.15, 0.2) is 0 Å². The molecule has 0 aromatic carbocycles. The Morgan fingerprint density at radius 2 is 2.22 bits per heavy atom. The number of nitrogens with one attached hydrogen (secondary N) is 1. The van der Waals surface area contributed by atoms with Gasteiger partial charge in [-0.25, -0.2) is 0 Å². The van der Waals surface area contributed by atoms with Gasteiger partial charge in [0.2, 0.25) is 0 Å². The quantitative estimate of drug-likeness (QED) is 0.884. The van der Waals surface area contributed by atoms with Gasteiger partial charge < -0.3 is 10.2 Å². The van der Waals surface area contributed by atoms with Crippen LogP contribution in [0, 0.1) is 0 Å². The minimum absolute atomic E-state index is 0.655. The number of aromatic nitrogens is 1. The van der Waals surface area contributed by atoms with Gasteiger partial charge in [-0.05, 0) is 50.7 Å². The summed E-state index contributed by atoms with van der Waals surface area (Å²) in [6.07, 6.45) is 10.7. The second-order valence-electron chi connectivity index (χ2n) is 5.70. The van der Waals surface area contributed by atoms with Crippen molar-refractivity contribution < 1.29 is 0 Å². The summed E-state index contributed by atoms with van der Waals surface area (Å²) in [7, 11) is 0. The summed E-state index contributed by atoms with van der Waals surface area (Å²) in [5.41, 5.74) is 2.75. The zero-order valence-corrected chi connectivity index (χ0v) is 11.2. The van der Waals surface area contributed by atoms with Crippen molar-refractivity contribution in [2.24, 2.45) is 0 Å². The molecule has 3 rings (SSSR count). The maximum Gasteiger partial charge on any atom is 0.0600 e. The number of hydrogen-bond donors (Lipinski definition) is 1. The molecule has 1 N–H and O–H groups in total. The molecule has 1 aliphatic heterocycles. The maximum absolute atomic E-state index is 4.33. The zero-order valence-electron chi connectivity index (χ0n) is 11.2. The second kappa shape index (κ2) is 5.27. The van der Waals surface area contributed by atoms with Gasteiger partial charge in [-0.2, -0.15) is 0 Å². The van der Waals surface area contributed by atoms with Gasteiger partial charge in [0, 0.05) is 31.4 Å². The van der Waals surface area contributed by atoms with Crippen LogP contribution in [-0.2, 0) is 6.54 Å². The van der Waals surface area contributed by atoms with Crippen LogP contribution in [0.1, 0.15) is 44.6 Å². The Hall–Kier alpha value is -1.09. The van der Waals surface area contributed by atoms with Gasteiger partial charge in [-0.1, -0.05) is 0 Å². The van der Waals surface area contributed by atoms with Crippen molar-refractivity contribution in [3.05, 3.63) is 24.0 Å². The van der Waals surface area contributed by atoms with Crippen LogP contribution in [-0.4, -0.2) is 23.6 Å². The summed E-state index contributed by atoms with van der Waals surface area (Å²) >= 11 is 0. The summed E-state index contributed by atoms with van der Waals surface area (Å²) < 4.78 is 0. The molecule has 1 unspecified atom stereocenters. The molecule has 0 amide bonds. The minimum atomic E-state index is 0.655. The first-order valence-electron chi connectivity index (χ1n) is 7.27. The van der Waals surface area contributed by atoms with Crippen LogP contribution >= 0.6 is 0 Å². The lowest BCUT2D eigenvalue weighted by atomic mass is 10.0. The van der Waals surface area contributed by atoms with E-state index in [0.717, 1.165) is 12.6 Å². The van der Waals surface area contributed by atoms with Crippen molar-refractivity contribution in [2.45, 2.75) is 57.7 Å². The molecule has 2 fully saturated rings. The molecule has 2 heterocycles. The predicted octanol–water partition coefficient (Wildman–Crippen LogP) is 2.71. The molecule has 1 aromatic heterocycles. The van der Waals surface area contributed by atoms with E-state index in [1.165, 1.54) is 49.9 Å². The van der Waals surface area contributed by atoms with Gasteiger partial charge in [-0.15, -0.1) is 0 Å². The minimum Gasteiger partial charge on any atom is -0.367 e. The second-order valence-corrected chi connectivity index (χ2v) is 5.70. The normalized spacial score (nSPS) is 24.3. The van der Waals surface area contributed by atoms with Crippen LogP contribution in [0.4, 0.5) is 5.69 Å². The van der Waals surface area contributed by atoms with Crippen molar-refractivity contribution in [3.63, 3.8) is 0 Å². The lowest BCUT2D eigenvalue weighted by molar-refractivity contribution is 0.482. The molecule has 1 saturated heterocycles. The highest BCUT2D eigenvalue weighted by atomic mass is 15.2. The standard InChI is InChI=1S/C15H23N3/c1-12-4-2-3-9-18(12)15-11-16-8-7-13(15)10-17-14-5-6-14/h7-8,11-12,14,17H,2-6,9-10H2,1H3. The highest BCUT2D eigenvalue weighted by Crippen LogP contribution is 2.28. The molecule has 3 heteroatoms. The molecule has 98 valence electrons. The fraction of sp³-hybridized carbons (Fsp3) is 0.667. The summed E-state index contributed by atoms with van der Waals surface area (Å²) in [6, 6.07) is 3.60. The fourth-order valence-corrected chi connectivity index (χ4v) is 2.82. The first-order chi connectivity index (χ1) is 8.84. The smallest absolute Gasteiger partial charge is 0.0600 e. The number of hydrogen-bond acceptors (Lipinski definition) is 3. The number of nitrogens with zero attached hydrogens (tertiary/aromatic N) is 2. The SMILES string of the molecule is CC1CCCCN1c1cnccc1CNC1CC1. The van der Waals surface area contributed by atoms with E-state index in [-0.39, 0.29) is 0 Å². The molecule has 1 aromatic rings. The van der Waals surface area contributed by atoms with Crippen LogP contribution in [0.3, 0.4) is 0 Å². The van der Waals surface area contributed by atoms with E-state index in [1.807, 2.05) is 12.4 Å². The largest absolute Gasteiger partial charge is 0.367 e. The highest BCUT2D eigenvalue weighted by molar-refractivity contribution is 5.52. The average Bonchev–Trinajstić information content (AvgIpc) is 3.22. The van der Waals surface area contributed by atoms with E-state index in [4.69, 9.17) is 0 Å². The van der Waals surface area contributed by atoms with E-state index >= 15 is 0 Å². The topological polar surface area (TPSA) is 28.2 Å². The van der Waals surface area contributed by atoms with E-state index < -0.39 is 0 Å².